The van der Waals surface area contributed by atoms with Crippen LogP contribution in [-0.4, -0.2) is 58.2 Å². The molecular weight excluding hydrogens is 414 g/mol. The number of methoxy groups -OCH3 is 1. The molecule has 1 unspecified atom stereocenters. The molecule has 0 spiro atoms. The highest BCUT2D eigenvalue weighted by atomic mass is 16.5. The number of amides is 1. The van der Waals surface area contributed by atoms with Gasteiger partial charge in [0.2, 0.25) is 5.91 Å². The number of hydrogen-bond donors (Lipinski definition) is 0. The van der Waals surface area contributed by atoms with Crippen LogP contribution in [0, 0.1) is 0 Å². The molecule has 0 N–H and O–H groups in total. The minimum absolute atomic E-state index is 0.0819. The van der Waals surface area contributed by atoms with Crippen LogP contribution in [-0.2, 0) is 11.3 Å². The lowest BCUT2D eigenvalue weighted by atomic mass is 10.1. The first-order valence-electron chi connectivity index (χ1n) is 10.9. The normalized spacial score (nSPS) is 12.2. The molecule has 1 heterocycles. The van der Waals surface area contributed by atoms with E-state index in [1.807, 2.05) is 44.4 Å². The Kier molecular flexibility index (Phi) is 6.70. The van der Waals surface area contributed by atoms with Gasteiger partial charge in [-0.3, -0.25) is 9.69 Å². The van der Waals surface area contributed by atoms with Crippen LogP contribution < -0.4 is 4.74 Å². The quantitative estimate of drug-likeness (QED) is 0.411. The number of ether oxygens (including phenoxy) is 1. The average molecular weight is 444 g/mol. The van der Waals surface area contributed by atoms with E-state index in [2.05, 4.69) is 52.2 Å². The van der Waals surface area contributed by atoms with Gasteiger partial charge in [0.15, 0.2) is 0 Å². The fourth-order valence-corrected chi connectivity index (χ4v) is 3.83. The van der Waals surface area contributed by atoms with Gasteiger partial charge in [-0.25, -0.2) is 9.67 Å². The van der Waals surface area contributed by atoms with Gasteiger partial charge in [-0.15, -0.1) is 0 Å². The maximum atomic E-state index is 12.9. The fraction of sp³-hybridized carbons (Fsp3) is 0.269. The van der Waals surface area contributed by atoms with Crippen molar-refractivity contribution in [1.29, 1.82) is 0 Å². The van der Waals surface area contributed by atoms with Gasteiger partial charge in [0.25, 0.3) is 0 Å². The van der Waals surface area contributed by atoms with Crippen molar-refractivity contribution in [2.24, 2.45) is 0 Å². The largest absolute Gasteiger partial charge is 0.497 e. The molecule has 7 heteroatoms. The van der Waals surface area contributed by atoms with Crippen molar-refractivity contribution in [3.63, 3.8) is 0 Å². The van der Waals surface area contributed by atoms with Crippen LogP contribution in [0.5, 0.6) is 5.75 Å². The summed E-state index contributed by atoms with van der Waals surface area (Å²) in [5, 5.41) is 6.41. The number of rotatable bonds is 8. The molecule has 0 aliphatic rings. The number of hydrogen-bond acceptors (Lipinski definition) is 5. The summed E-state index contributed by atoms with van der Waals surface area (Å²) in [6.07, 6.45) is 3.19. The van der Waals surface area contributed by atoms with Crippen LogP contribution in [0.3, 0.4) is 0 Å². The zero-order valence-electron chi connectivity index (χ0n) is 19.5. The van der Waals surface area contributed by atoms with Crippen molar-refractivity contribution in [2.45, 2.75) is 19.5 Å². The van der Waals surface area contributed by atoms with Crippen molar-refractivity contribution in [1.82, 2.24) is 24.6 Å². The van der Waals surface area contributed by atoms with Crippen molar-refractivity contribution in [3.8, 4) is 11.4 Å². The Hall–Kier alpha value is -3.71. The lowest BCUT2D eigenvalue weighted by molar-refractivity contribution is -0.131. The number of likely N-dealkylation sites (N-methyl/N-ethyl adjacent to an activating group) is 2. The van der Waals surface area contributed by atoms with E-state index in [9.17, 15) is 4.79 Å². The Morgan fingerprint density at radius 2 is 1.76 bits per heavy atom. The summed E-state index contributed by atoms with van der Waals surface area (Å²) in [4.78, 5) is 20.7. The van der Waals surface area contributed by atoms with Gasteiger partial charge in [-0.2, -0.15) is 5.10 Å². The summed E-state index contributed by atoms with van der Waals surface area (Å²) in [5.74, 6) is 0.922. The fourth-order valence-electron chi connectivity index (χ4n) is 3.83. The van der Waals surface area contributed by atoms with Gasteiger partial charge >= 0.3 is 0 Å². The zero-order valence-corrected chi connectivity index (χ0v) is 19.5. The topological polar surface area (TPSA) is 63.5 Å². The lowest BCUT2D eigenvalue weighted by Gasteiger charge is -2.27. The Labute approximate surface area is 194 Å². The molecule has 7 nitrogen and oxygen atoms in total. The molecule has 0 radical (unpaired) electrons. The van der Waals surface area contributed by atoms with Crippen molar-refractivity contribution in [2.75, 3.05) is 27.7 Å². The average Bonchev–Trinajstić information content (AvgIpc) is 3.38. The number of carbonyl (C=O) groups is 1. The molecule has 0 saturated heterocycles. The molecule has 1 amide bonds. The van der Waals surface area contributed by atoms with E-state index in [0.29, 0.717) is 13.1 Å². The summed E-state index contributed by atoms with van der Waals surface area (Å²) >= 11 is 0. The molecule has 1 aromatic heterocycles. The van der Waals surface area contributed by atoms with Gasteiger partial charge < -0.3 is 9.64 Å². The van der Waals surface area contributed by atoms with Crippen molar-refractivity contribution < 1.29 is 9.53 Å². The van der Waals surface area contributed by atoms with Crippen LogP contribution in [0.15, 0.2) is 73.3 Å². The second kappa shape index (κ2) is 9.83. The second-order valence-electron chi connectivity index (χ2n) is 8.32. The lowest BCUT2D eigenvalue weighted by Crippen LogP contribution is -2.37. The molecule has 4 rings (SSSR count). The van der Waals surface area contributed by atoms with Gasteiger partial charge in [0, 0.05) is 19.6 Å². The third kappa shape index (κ3) is 5.21. The molecular formula is C26H29N5O2. The van der Waals surface area contributed by atoms with Crippen molar-refractivity contribution >= 4 is 16.7 Å². The molecule has 0 fully saturated rings. The Morgan fingerprint density at radius 1 is 1.03 bits per heavy atom. The van der Waals surface area contributed by atoms with Gasteiger partial charge in [-0.05, 0) is 66.2 Å². The van der Waals surface area contributed by atoms with Crippen molar-refractivity contribution in [3.05, 3.63) is 84.4 Å². The van der Waals surface area contributed by atoms with Gasteiger partial charge in [0.05, 0.1) is 19.3 Å². The molecule has 3 aromatic carbocycles. The number of benzene rings is 3. The zero-order chi connectivity index (χ0) is 23.4. The Bertz CT molecular complexity index is 1220. The third-order valence-electron chi connectivity index (χ3n) is 6.06. The summed E-state index contributed by atoms with van der Waals surface area (Å²) in [7, 11) is 5.50. The van der Waals surface area contributed by atoms with Crippen LogP contribution in [0.2, 0.25) is 0 Å². The Balaban J connectivity index is 1.36. The summed E-state index contributed by atoms with van der Waals surface area (Å²) in [6.45, 7) is 3.01. The molecule has 4 aromatic rings. The van der Waals surface area contributed by atoms with E-state index < -0.39 is 0 Å². The first-order valence-corrected chi connectivity index (χ1v) is 10.9. The highest BCUT2D eigenvalue weighted by molar-refractivity contribution is 5.84. The third-order valence-corrected chi connectivity index (χ3v) is 6.06. The first-order chi connectivity index (χ1) is 15.9. The van der Waals surface area contributed by atoms with E-state index >= 15 is 0 Å². The van der Waals surface area contributed by atoms with Gasteiger partial charge in [-0.1, -0.05) is 30.3 Å². The highest BCUT2D eigenvalue weighted by Crippen LogP contribution is 2.23. The predicted molar refractivity (Wildman–Crippen MR) is 129 cm³/mol. The van der Waals surface area contributed by atoms with E-state index in [1.165, 1.54) is 6.33 Å². The maximum Gasteiger partial charge on any atom is 0.236 e. The molecule has 170 valence electrons. The number of carbonyl (C=O) groups excluding carboxylic acids is 1. The predicted octanol–water partition coefficient (Wildman–Crippen LogP) is 4.08. The first kappa shape index (κ1) is 22.5. The van der Waals surface area contributed by atoms with E-state index in [1.54, 1.807) is 23.0 Å². The van der Waals surface area contributed by atoms with Crippen LogP contribution in [0.1, 0.15) is 24.1 Å². The number of nitrogens with zero attached hydrogens (tertiary/aromatic N) is 5. The standard InChI is InChI=1S/C26H29N5O2/c1-19(21-7-10-24(11-8-21)31-18-27-17-28-31)29(2)16-26(32)30(3)15-20-5-6-23-14-25(33-4)12-9-22(23)13-20/h5-14,17-19H,15-16H2,1-4H3. The van der Waals surface area contributed by atoms with Crippen LogP contribution in [0.4, 0.5) is 0 Å². The summed E-state index contributed by atoms with van der Waals surface area (Å²) in [5.41, 5.74) is 3.19. The molecule has 1 atom stereocenters. The minimum Gasteiger partial charge on any atom is -0.497 e. The molecule has 0 saturated carbocycles. The molecule has 0 aliphatic heterocycles. The summed E-state index contributed by atoms with van der Waals surface area (Å²) in [6, 6.07) is 20.5. The minimum atomic E-state index is 0.0819. The van der Waals surface area contributed by atoms with Crippen LogP contribution in [0.25, 0.3) is 16.5 Å². The van der Waals surface area contributed by atoms with Crippen LogP contribution >= 0.6 is 0 Å². The van der Waals surface area contributed by atoms with E-state index in [0.717, 1.165) is 33.3 Å². The number of fused-ring (bicyclic) bond motifs is 1. The Morgan fingerprint density at radius 3 is 2.45 bits per heavy atom. The SMILES string of the molecule is COc1ccc2cc(CN(C)C(=O)CN(C)C(C)c3ccc(-n4cncn4)cc3)ccc2c1. The monoisotopic (exact) mass is 443 g/mol. The number of aromatic nitrogens is 3. The summed E-state index contributed by atoms with van der Waals surface area (Å²) < 4.78 is 7.02. The smallest absolute Gasteiger partial charge is 0.236 e. The molecule has 0 aliphatic carbocycles. The molecule has 33 heavy (non-hydrogen) atoms. The second-order valence-corrected chi connectivity index (χ2v) is 8.32. The molecule has 0 bridgehead atoms. The van der Waals surface area contributed by atoms with E-state index in [4.69, 9.17) is 4.74 Å². The van der Waals surface area contributed by atoms with E-state index in [-0.39, 0.29) is 11.9 Å². The highest BCUT2D eigenvalue weighted by Gasteiger charge is 2.18. The van der Waals surface area contributed by atoms with Gasteiger partial charge in [0.1, 0.15) is 18.4 Å². The maximum absolute atomic E-state index is 12.9.